The van der Waals surface area contributed by atoms with E-state index in [1.807, 2.05) is 6.92 Å². The van der Waals surface area contributed by atoms with Gasteiger partial charge in [0, 0.05) is 25.0 Å². The highest BCUT2D eigenvalue weighted by molar-refractivity contribution is 5.79. The first-order chi connectivity index (χ1) is 14.6. The molecular weight excluding hydrogens is 386 g/mol. The lowest BCUT2D eigenvalue weighted by atomic mass is 9.44. The number of hydrogen-bond donors (Lipinski definition) is 1. The summed E-state index contributed by atoms with van der Waals surface area (Å²) in [6, 6.07) is 0.274. The molecule has 0 spiro atoms. The zero-order valence-electron chi connectivity index (χ0n) is 20.5. The third-order valence-corrected chi connectivity index (χ3v) is 11.1. The minimum absolute atomic E-state index is 0.199. The molecule has 4 aliphatic carbocycles. The summed E-state index contributed by atoms with van der Waals surface area (Å²) in [6.45, 7) is 13.1. The Morgan fingerprint density at radius 1 is 0.968 bits per heavy atom. The van der Waals surface area contributed by atoms with E-state index in [9.17, 15) is 9.90 Å². The van der Waals surface area contributed by atoms with Crippen LogP contribution in [0.25, 0.3) is 0 Å². The van der Waals surface area contributed by atoms with Crippen molar-refractivity contribution in [2.24, 2.45) is 40.4 Å². The number of rotatable bonds is 2. The molecule has 1 heterocycles. The molecule has 31 heavy (non-hydrogen) atoms. The van der Waals surface area contributed by atoms with E-state index < -0.39 is 0 Å². The molecule has 11 atom stereocenters. The molecule has 4 saturated carbocycles. The molecule has 5 fully saturated rings. The van der Waals surface area contributed by atoms with Crippen molar-refractivity contribution in [3.8, 4) is 0 Å². The molecule has 0 aromatic rings. The number of aliphatic hydroxyl groups is 1. The number of hydrogen-bond acceptors (Lipinski definition) is 4. The van der Waals surface area contributed by atoms with Gasteiger partial charge in [-0.1, -0.05) is 13.8 Å². The smallest absolute Gasteiger partial charge is 0.133 e. The van der Waals surface area contributed by atoms with Crippen LogP contribution >= 0.6 is 0 Å². The zero-order chi connectivity index (χ0) is 22.1. The molecule has 1 N–H and O–H groups in total. The van der Waals surface area contributed by atoms with Crippen molar-refractivity contribution in [3.63, 3.8) is 0 Å². The molecule has 0 bridgehead atoms. The number of carbonyl (C=O) groups excluding carboxylic acids is 1. The van der Waals surface area contributed by atoms with Gasteiger partial charge in [-0.2, -0.15) is 0 Å². The lowest BCUT2D eigenvalue weighted by Gasteiger charge is -2.62. The van der Waals surface area contributed by atoms with Crippen LogP contribution in [0.2, 0.25) is 0 Å². The van der Waals surface area contributed by atoms with Crippen LogP contribution in [-0.4, -0.2) is 53.2 Å². The van der Waals surface area contributed by atoms with E-state index in [0.717, 1.165) is 50.1 Å². The fourth-order valence-electron chi connectivity index (χ4n) is 9.80. The van der Waals surface area contributed by atoms with Crippen molar-refractivity contribution in [2.75, 3.05) is 13.1 Å². The summed E-state index contributed by atoms with van der Waals surface area (Å²) in [5.74, 6) is 3.65. The van der Waals surface area contributed by atoms with Gasteiger partial charge in [0.1, 0.15) is 5.78 Å². The minimum atomic E-state index is -0.199. The van der Waals surface area contributed by atoms with Crippen molar-refractivity contribution in [1.82, 2.24) is 4.90 Å². The first kappa shape index (κ1) is 22.3. The quantitative estimate of drug-likeness (QED) is 0.689. The van der Waals surface area contributed by atoms with Crippen molar-refractivity contribution in [2.45, 2.75) is 110 Å². The Hall–Kier alpha value is -0.450. The van der Waals surface area contributed by atoms with Crippen LogP contribution in [0.15, 0.2) is 0 Å². The number of ketones is 1. The average molecular weight is 432 g/mol. The highest BCUT2D eigenvalue weighted by Crippen LogP contribution is 2.67. The molecule has 5 aliphatic rings. The van der Waals surface area contributed by atoms with Crippen molar-refractivity contribution >= 4 is 5.78 Å². The van der Waals surface area contributed by atoms with Gasteiger partial charge in [0.2, 0.25) is 0 Å². The van der Waals surface area contributed by atoms with Crippen LogP contribution in [0, 0.1) is 40.4 Å². The number of fused-ring (bicyclic) bond motifs is 5. The third-order valence-electron chi connectivity index (χ3n) is 11.1. The number of aliphatic hydroxyl groups excluding tert-OH is 1. The summed E-state index contributed by atoms with van der Waals surface area (Å²) in [6.07, 6.45) is 9.88. The second-order valence-corrected chi connectivity index (χ2v) is 12.7. The lowest BCUT2D eigenvalue weighted by molar-refractivity contribution is -0.166. The Bertz CT molecular complexity index is 701. The van der Waals surface area contributed by atoms with Gasteiger partial charge < -0.3 is 9.84 Å². The second-order valence-electron chi connectivity index (χ2n) is 12.7. The number of carbonyl (C=O) groups is 1. The molecule has 0 aromatic heterocycles. The van der Waals surface area contributed by atoms with Crippen molar-refractivity contribution < 1.29 is 14.6 Å². The maximum Gasteiger partial charge on any atom is 0.133 e. The number of ether oxygens (including phenoxy) is 1. The molecule has 0 aromatic carbocycles. The van der Waals surface area contributed by atoms with E-state index in [4.69, 9.17) is 4.74 Å². The van der Waals surface area contributed by atoms with E-state index in [2.05, 4.69) is 32.6 Å². The predicted molar refractivity (Wildman–Crippen MR) is 123 cm³/mol. The SMILES string of the molecule is CC(=O)[C@H]1CC[C@H]2[C@@H]3CCC4CC(O)C(N5CC(C)OC(C)C5)C[C@]4(C)[C@H]3CC[C@]12C. The predicted octanol–water partition coefficient (Wildman–Crippen LogP) is 4.68. The largest absolute Gasteiger partial charge is 0.391 e. The molecule has 4 nitrogen and oxygen atoms in total. The van der Waals surface area contributed by atoms with Gasteiger partial charge in [0.25, 0.3) is 0 Å². The number of Topliss-reactive ketones (excluding diaryl/α,β-unsaturated/α-hetero) is 1. The van der Waals surface area contributed by atoms with Crippen LogP contribution in [0.3, 0.4) is 0 Å². The Balaban J connectivity index is 1.39. The zero-order valence-corrected chi connectivity index (χ0v) is 20.5. The van der Waals surface area contributed by atoms with Gasteiger partial charge in [-0.05, 0) is 107 Å². The minimum Gasteiger partial charge on any atom is -0.391 e. The van der Waals surface area contributed by atoms with Crippen LogP contribution in [0.5, 0.6) is 0 Å². The first-order valence-electron chi connectivity index (χ1n) is 13.2. The van der Waals surface area contributed by atoms with Crippen LogP contribution in [0.4, 0.5) is 0 Å². The highest BCUT2D eigenvalue weighted by Gasteiger charge is 2.62. The number of morpholine rings is 1. The normalized spacial score (nSPS) is 55.2. The summed E-state index contributed by atoms with van der Waals surface area (Å²) in [7, 11) is 0. The van der Waals surface area contributed by atoms with E-state index in [0.29, 0.717) is 23.0 Å². The summed E-state index contributed by atoms with van der Waals surface area (Å²) in [4.78, 5) is 15.0. The van der Waals surface area contributed by atoms with Crippen LogP contribution in [-0.2, 0) is 9.53 Å². The topological polar surface area (TPSA) is 49.8 Å². The Morgan fingerprint density at radius 3 is 2.32 bits per heavy atom. The highest BCUT2D eigenvalue weighted by atomic mass is 16.5. The summed E-state index contributed by atoms with van der Waals surface area (Å²) < 4.78 is 6.00. The van der Waals surface area contributed by atoms with Crippen LogP contribution < -0.4 is 0 Å². The van der Waals surface area contributed by atoms with Gasteiger partial charge >= 0.3 is 0 Å². The molecule has 5 unspecified atom stereocenters. The fourth-order valence-corrected chi connectivity index (χ4v) is 9.80. The molecular formula is C27H45NO3. The summed E-state index contributed by atoms with van der Waals surface area (Å²) in [5.41, 5.74) is 0.562. The summed E-state index contributed by atoms with van der Waals surface area (Å²) >= 11 is 0. The number of nitrogens with zero attached hydrogens (tertiary/aromatic N) is 1. The second kappa shape index (κ2) is 7.81. The molecule has 176 valence electrons. The van der Waals surface area contributed by atoms with E-state index in [-0.39, 0.29) is 29.8 Å². The van der Waals surface area contributed by atoms with Gasteiger partial charge in [-0.25, -0.2) is 0 Å². The van der Waals surface area contributed by atoms with Gasteiger partial charge in [0.05, 0.1) is 18.3 Å². The van der Waals surface area contributed by atoms with Gasteiger partial charge in [-0.3, -0.25) is 9.69 Å². The molecule has 5 rings (SSSR count). The van der Waals surface area contributed by atoms with Gasteiger partial charge in [-0.15, -0.1) is 0 Å². The monoisotopic (exact) mass is 431 g/mol. The molecule has 0 amide bonds. The van der Waals surface area contributed by atoms with Gasteiger partial charge in [0.15, 0.2) is 0 Å². The Labute approximate surface area is 189 Å². The van der Waals surface area contributed by atoms with E-state index >= 15 is 0 Å². The average Bonchev–Trinajstić information content (AvgIpc) is 3.05. The molecule has 1 saturated heterocycles. The van der Waals surface area contributed by atoms with E-state index in [1.54, 1.807) is 0 Å². The first-order valence-corrected chi connectivity index (χ1v) is 13.2. The Morgan fingerprint density at radius 2 is 1.65 bits per heavy atom. The standard InChI is InChI=1S/C27H45NO3/c1-16-14-28(15-17(2)31-16)24-13-27(5)19(12-25(24)30)6-7-20-22-9-8-21(18(3)29)26(22,4)11-10-23(20)27/h16-17,19-25,30H,6-15H2,1-5H3/t16?,17?,19?,20-,21+,22-,23-,24?,25?,26+,27-/m0/s1. The van der Waals surface area contributed by atoms with Crippen molar-refractivity contribution in [1.29, 1.82) is 0 Å². The molecule has 1 aliphatic heterocycles. The third kappa shape index (κ3) is 3.46. The van der Waals surface area contributed by atoms with E-state index in [1.165, 1.54) is 32.1 Å². The maximum atomic E-state index is 12.4. The van der Waals surface area contributed by atoms with Crippen LogP contribution in [0.1, 0.15) is 86.0 Å². The van der Waals surface area contributed by atoms with Crippen molar-refractivity contribution in [3.05, 3.63) is 0 Å². The fraction of sp³-hybridized carbons (Fsp3) is 0.963. The molecule has 0 radical (unpaired) electrons. The maximum absolute atomic E-state index is 12.4. The molecule has 4 heteroatoms. The Kier molecular flexibility index (Phi) is 5.63. The summed E-state index contributed by atoms with van der Waals surface area (Å²) in [5, 5.41) is 11.2. The lowest BCUT2D eigenvalue weighted by Crippen LogP contribution is -2.62.